The molecule has 0 saturated heterocycles. The number of halogens is 2. The number of likely N-dealkylation sites (N-methyl/N-ethyl adjacent to an activating group) is 1. The zero-order chi connectivity index (χ0) is 15.1. The summed E-state index contributed by atoms with van der Waals surface area (Å²) < 4.78 is 25.2. The van der Waals surface area contributed by atoms with Gasteiger partial charge in [0.25, 0.3) is 6.43 Å². The predicted octanol–water partition coefficient (Wildman–Crippen LogP) is 5.20. The van der Waals surface area contributed by atoms with Gasteiger partial charge in [-0.1, -0.05) is 62.1 Å². The summed E-state index contributed by atoms with van der Waals surface area (Å²) in [5.74, 6) is 0.646. The van der Waals surface area contributed by atoms with Crippen molar-refractivity contribution in [1.29, 1.82) is 0 Å². The second-order valence-electron chi connectivity index (χ2n) is 5.80. The molecule has 116 valence electrons. The first-order chi connectivity index (χ1) is 10.2. The Morgan fingerprint density at radius 3 is 2.43 bits per heavy atom. The lowest BCUT2D eigenvalue weighted by atomic mass is 9.83. The van der Waals surface area contributed by atoms with Crippen molar-refractivity contribution in [3.05, 3.63) is 41.0 Å². The maximum Gasteiger partial charge on any atom is 0.263 e. The van der Waals surface area contributed by atoms with Crippen LogP contribution in [0, 0.1) is 5.92 Å². The van der Waals surface area contributed by atoms with E-state index in [1.54, 1.807) is 12.1 Å². The molecule has 1 nitrogen and oxygen atoms in total. The molecule has 1 aliphatic carbocycles. The Morgan fingerprint density at radius 2 is 1.86 bits per heavy atom. The predicted molar refractivity (Wildman–Crippen MR) is 84.5 cm³/mol. The van der Waals surface area contributed by atoms with Crippen molar-refractivity contribution in [3.63, 3.8) is 0 Å². The summed E-state index contributed by atoms with van der Waals surface area (Å²) in [6.45, 7) is 3.96. The molecule has 0 atom stereocenters. The smallest absolute Gasteiger partial charge is 0.263 e. The largest absolute Gasteiger partial charge is 0.313 e. The molecule has 21 heavy (non-hydrogen) atoms. The van der Waals surface area contributed by atoms with Gasteiger partial charge in [-0.2, -0.15) is 0 Å². The molecule has 0 radical (unpaired) electrons. The van der Waals surface area contributed by atoms with E-state index in [0.717, 1.165) is 18.7 Å². The van der Waals surface area contributed by atoms with E-state index in [-0.39, 0.29) is 5.56 Å². The monoisotopic (exact) mass is 293 g/mol. The van der Waals surface area contributed by atoms with Gasteiger partial charge in [-0.3, -0.25) is 0 Å². The van der Waals surface area contributed by atoms with Crippen LogP contribution in [-0.4, -0.2) is 13.1 Å². The second kappa shape index (κ2) is 8.28. The lowest BCUT2D eigenvalue weighted by Crippen LogP contribution is -2.22. The molecule has 3 heteroatoms. The molecule has 0 heterocycles. The Kier molecular flexibility index (Phi) is 6.37. The van der Waals surface area contributed by atoms with E-state index in [2.05, 4.69) is 18.3 Å². The molecular formula is C18H25F2N. The van der Waals surface area contributed by atoms with Crippen molar-refractivity contribution >= 4 is 6.08 Å². The molecule has 1 N–H and O–H groups in total. The van der Waals surface area contributed by atoms with Gasteiger partial charge in [0.1, 0.15) is 0 Å². The topological polar surface area (TPSA) is 12.0 Å². The molecule has 0 amide bonds. The maximum atomic E-state index is 12.6. The fraction of sp³-hybridized carbons (Fsp3) is 0.556. The average Bonchev–Trinajstić information content (AvgIpc) is 2.52. The van der Waals surface area contributed by atoms with Crippen molar-refractivity contribution in [1.82, 2.24) is 5.32 Å². The Hall–Kier alpha value is -1.22. The molecular weight excluding hydrogens is 268 g/mol. The van der Waals surface area contributed by atoms with Crippen LogP contribution in [0.4, 0.5) is 8.78 Å². The number of hydrogen-bond acceptors (Lipinski definition) is 1. The molecule has 0 aromatic heterocycles. The van der Waals surface area contributed by atoms with Crippen LogP contribution in [0.15, 0.2) is 29.8 Å². The summed E-state index contributed by atoms with van der Waals surface area (Å²) in [4.78, 5) is 0. The van der Waals surface area contributed by atoms with Gasteiger partial charge >= 0.3 is 0 Å². The third-order valence-electron chi connectivity index (χ3n) is 4.25. The van der Waals surface area contributed by atoms with Gasteiger partial charge in [0, 0.05) is 12.1 Å². The molecule has 0 unspecified atom stereocenters. The van der Waals surface area contributed by atoms with E-state index < -0.39 is 6.43 Å². The van der Waals surface area contributed by atoms with Crippen molar-refractivity contribution in [2.75, 3.05) is 13.1 Å². The number of rotatable bonds is 6. The fourth-order valence-electron chi connectivity index (χ4n) is 3.01. The van der Waals surface area contributed by atoms with Gasteiger partial charge in [0.2, 0.25) is 0 Å². The van der Waals surface area contributed by atoms with Crippen LogP contribution in [-0.2, 0) is 0 Å². The third-order valence-corrected chi connectivity index (χ3v) is 4.25. The highest BCUT2D eigenvalue weighted by Gasteiger charge is 2.17. The zero-order valence-corrected chi connectivity index (χ0v) is 12.7. The van der Waals surface area contributed by atoms with Gasteiger partial charge in [-0.15, -0.1) is 0 Å². The number of nitrogens with one attached hydrogen (secondary N) is 1. The number of alkyl halides is 2. The Morgan fingerprint density at radius 1 is 1.19 bits per heavy atom. The van der Waals surface area contributed by atoms with E-state index in [1.807, 2.05) is 0 Å². The number of benzene rings is 1. The lowest BCUT2D eigenvalue weighted by molar-refractivity contribution is 0.151. The zero-order valence-electron chi connectivity index (χ0n) is 12.7. The molecule has 0 aliphatic heterocycles. The van der Waals surface area contributed by atoms with Crippen LogP contribution in [0.3, 0.4) is 0 Å². The first-order valence-electron chi connectivity index (χ1n) is 8.00. The standard InChI is InChI=1S/C18H25F2N/c1-2-21-13-17(15-6-4-3-5-7-15)12-14-8-10-16(11-9-14)18(19)20/h8-12,15,18,21H,2-7,13H2,1H3/b17-12-. The van der Waals surface area contributed by atoms with Crippen LogP contribution in [0.5, 0.6) is 0 Å². The SMILES string of the molecule is CCNC/C(=C/c1ccc(C(F)F)cc1)C1CCCCC1. The van der Waals surface area contributed by atoms with E-state index >= 15 is 0 Å². The van der Waals surface area contributed by atoms with Gasteiger partial charge in [0.05, 0.1) is 0 Å². The minimum atomic E-state index is -2.39. The lowest BCUT2D eigenvalue weighted by Gasteiger charge is -2.25. The van der Waals surface area contributed by atoms with Crippen molar-refractivity contribution in [2.24, 2.45) is 5.92 Å². The summed E-state index contributed by atoms with van der Waals surface area (Å²) in [7, 11) is 0. The van der Waals surface area contributed by atoms with Gasteiger partial charge in [-0.05, 0) is 30.9 Å². The summed E-state index contributed by atoms with van der Waals surface area (Å²) in [6, 6.07) is 6.66. The average molecular weight is 293 g/mol. The fourth-order valence-corrected chi connectivity index (χ4v) is 3.01. The molecule has 2 rings (SSSR count). The molecule has 1 saturated carbocycles. The maximum absolute atomic E-state index is 12.6. The molecule has 0 bridgehead atoms. The summed E-state index contributed by atoms with van der Waals surface area (Å²) in [5, 5.41) is 3.41. The normalized spacial score (nSPS) is 17.4. The minimum Gasteiger partial charge on any atom is -0.313 e. The van der Waals surface area contributed by atoms with Crippen LogP contribution in [0.25, 0.3) is 6.08 Å². The third kappa shape index (κ3) is 4.92. The summed E-state index contributed by atoms with van der Waals surface area (Å²) >= 11 is 0. The van der Waals surface area contributed by atoms with Gasteiger partial charge < -0.3 is 5.32 Å². The van der Waals surface area contributed by atoms with E-state index in [4.69, 9.17) is 0 Å². The summed E-state index contributed by atoms with van der Waals surface area (Å²) in [5.41, 5.74) is 2.54. The molecule has 1 aromatic carbocycles. The molecule has 0 spiro atoms. The Balaban J connectivity index is 2.13. The van der Waals surface area contributed by atoms with Gasteiger partial charge in [0.15, 0.2) is 0 Å². The minimum absolute atomic E-state index is 0.0954. The highest BCUT2D eigenvalue weighted by Crippen LogP contribution is 2.30. The van der Waals surface area contributed by atoms with Gasteiger partial charge in [-0.25, -0.2) is 8.78 Å². The molecule has 1 aromatic rings. The van der Waals surface area contributed by atoms with E-state index in [1.165, 1.54) is 49.8 Å². The van der Waals surface area contributed by atoms with E-state index in [9.17, 15) is 8.78 Å². The molecule has 1 aliphatic rings. The van der Waals surface area contributed by atoms with Crippen LogP contribution >= 0.6 is 0 Å². The second-order valence-corrected chi connectivity index (χ2v) is 5.80. The first-order valence-corrected chi connectivity index (χ1v) is 8.00. The summed E-state index contributed by atoms with van der Waals surface area (Å²) in [6.07, 6.45) is 6.26. The van der Waals surface area contributed by atoms with E-state index in [0.29, 0.717) is 5.92 Å². The van der Waals surface area contributed by atoms with Crippen molar-refractivity contribution in [3.8, 4) is 0 Å². The Bertz CT molecular complexity index is 445. The quantitative estimate of drug-likeness (QED) is 0.760. The van der Waals surface area contributed by atoms with Crippen molar-refractivity contribution in [2.45, 2.75) is 45.5 Å². The highest BCUT2D eigenvalue weighted by molar-refractivity contribution is 5.54. The first kappa shape index (κ1) is 16.2. The molecule has 1 fully saturated rings. The van der Waals surface area contributed by atoms with Crippen LogP contribution in [0.1, 0.15) is 56.6 Å². The number of hydrogen-bond donors (Lipinski definition) is 1. The highest BCUT2D eigenvalue weighted by atomic mass is 19.3. The van der Waals surface area contributed by atoms with Crippen molar-refractivity contribution < 1.29 is 8.78 Å². The van der Waals surface area contributed by atoms with Crippen LogP contribution in [0.2, 0.25) is 0 Å². The Labute approximate surface area is 126 Å². The van der Waals surface area contributed by atoms with Crippen LogP contribution < -0.4 is 5.32 Å².